The van der Waals surface area contributed by atoms with Crippen LogP contribution in [0.15, 0.2) is 23.1 Å². The quantitative estimate of drug-likeness (QED) is 0.679. The Kier molecular flexibility index (Phi) is 5.61. The molecule has 2 rings (SSSR count). The topological polar surface area (TPSA) is 67.4 Å². The third-order valence-corrected chi connectivity index (χ3v) is 5.16. The third-order valence-electron chi connectivity index (χ3n) is 3.64. The van der Waals surface area contributed by atoms with Crippen molar-refractivity contribution in [3.63, 3.8) is 0 Å². The standard InChI is InChI=1S/C15H24N2O3S/c1-3-16-9-8-13-10-14(20-2)6-7-15(13)21(18,19)17-11-12-4-5-12/h6-7,10,12,16-17H,3-5,8-9,11H2,1-2H3. The maximum absolute atomic E-state index is 12.4. The summed E-state index contributed by atoms with van der Waals surface area (Å²) in [6.45, 7) is 4.18. The first-order valence-electron chi connectivity index (χ1n) is 7.44. The number of methoxy groups -OCH3 is 1. The molecule has 5 nitrogen and oxygen atoms in total. The molecule has 2 N–H and O–H groups in total. The van der Waals surface area contributed by atoms with Crippen molar-refractivity contribution in [2.24, 2.45) is 5.92 Å². The Hall–Kier alpha value is -1.11. The van der Waals surface area contributed by atoms with E-state index in [0.29, 0.717) is 29.5 Å². The number of rotatable bonds is 9. The molecule has 1 aliphatic rings. The van der Waals surface area contributed by atoms with E-state index < -0.39 is 10.0 Å². The molecule has 0 radical (unpaired) electrons. The van der Waals surface area contributed by atoms with E-state index in [4.69, 9.17) is 4.74 Å². The maximum Gasteiger partial charge on any atom is 0.240 e. The molecule has 0 heterocycles. The molecule has 0 saturated heterocycles. The van der Waals surface area contributed by atoms with Gasteiger partial charge in [-0.3, -0.25) is 0 Å². The number of likely N-dealkylation sites (N-methyl/N-ethyl adjacent to an activating group) is 1. The monoisotopic (exact) mass is 312 g/mol. The van der Waals surface area contributed by atoms with E-state index in [1.807, 2.05) is 13.0 Å². The summed E-state index contributed by atoms with van der Waals surface area (Å²) in [6.07, 6.45) is 2.90. The molecule has 0 unspecified atom stereocenters. The van der Waals surface area contributed by atoms with Crippen LogP contribution in [0.4, 0.5) is 0 Å². The molecule has 1 aromatic rings. The first-order valence-corrected chi connectivity index (χ1v) is 8.92. The average molecular weight is 312 g/mol. The summed E-state index contributed by atoms with van der Waals surface area (Å²) in [5.41, 5.74) is 0.790. The molecule has 0 aliphatic heterocycles. The molecule has 0 bridgehead atoms. The van der Waals surface area contributed by atoms with Crippen LogP contribution in [0.5, 0.6) is 5.75 Å². The largest absolute Gasteiger partial charge is 0.497 e. The molecule has 0 spiro atoms. The van der Waals surface area contributed by atoms with Crippen LogP contribution in [0, 0.1) is 5.92 Å². The van der Waals surface area contributed by atoms with Crippen LogP contribution >= 0.6 is 0 Å². The smallest absolute Gasteiger partial charge is 0.240 e. The highest BCUT2D eigenvalue weighted by atomic mass is 32.2. The number of benzene rings is 1. The predicted molar refractivity (Wildman–Crippen MR) is 83.2 cm³/mol. The molecular formula is C15H24N2O3S. The van der Waals surface area contributed by atoms with Gasteiger partial charge in [0, 0.05) is 6.54 Å². The van der Waals surface area contributed by atoms with Gasteiger partial charge in [0.25, 0.3) is 0 Å². The molecule has 0 amide bonds. The summed E-state index contributed by atoms with van der Waals surface area (Å²) in [4.78, 5) is 0.363. The van der Waals surface area contributed by atoms with E-state index in [2.05, 4.69) is 10.0 Å². The highest BCUT2D eigenvalue weighted by molar-refractivity contribution is 7.89. The second-order valence-electron chi connectivity index (χ2n) is 5.37. The normalized spacial score (nSPS) is 15.1. The fourth-order valence-electron chi connectivity index (χ4n) is 2.17. The van der Waals surface area contributed by atoms with Gasteiger partial charge in [-0.05, 0) is 62.0 Å². The predicted octanol–water partition coefficient (Wildman–Crippen LogP) is 1.54. The van der Waals surface area contributed by atoms with E-state index >= 15 is 0 Å². The van der Waals surface area contributed by atoms with Gasteiger partial charge in [0.15, 0.2) is 0 Å². The Morgan fingerprint density at radius 2 is 2.10 bits per heavy atom. The first-order chi connectivity index (χ1) is 10.1. The van der Waals surface area contributed by atoms with Crippen LogP contribution in [0.25, 0.3) is 0 Å². The molecular weight excluding hydrogens is 288 g/mol. The van der Waals surface area contributed by atoms with E-state index in [1.165, 1.54) is 0 Å². The molecule has 21 heavy (non-hydrogen) atoms. The summed E-state index contributed by atoms with van der Waals surface area (Å²) in [7, 11) is -1.86. The highest BCUT2D eigenvalue weighted by Crippen LogP contribution is 2.29. The average Bonchev–Trinajstić information content (AvgIpc) is 3.29. The molecule has 1 saturated carbocycles. The van der Waals surface area contributed by atoms with E-state index in [-0.39, 0.29) is 0 Å². The van der Waals surface area contributed by atoms with Crippen molar-refractivity contribution in [1.29, 1.82) is 0 Å². The summed E-state index contributed by atoms with van der Waals surface area (Å²) >= 11 is 0. The third kappa shape index (κ3) is 4.69. The van der Waals surface area contributed by atoms with Gasteiger partial charge in [-0.25, -0.2) is 13.1 Å². The summed E-state index contributed by atoms with van der Waals surface area (Å²) in [5, 5.41) is 3.22. The minimum Gasteiger partial charge on any atom is -0.497 e. The summed E-state index contributed by atoms with van der Waals surface area (Å²) < 4.78 is 32.8. The number of sulfonamides is 1. The van der Waals surface area contributed by atoms with Crippen molar-refractivity contribution in [3.05, 3.63) is 23.8 Å². The zero-order chi connectivity index (χ0) is 15.3. The van der Waals surface area contributed by atoms with Crippen molar-refractivity contribution in [2.45, 2.75) is 31.1 Å². The number of hydrogen-bond donors (Lipinski definition) is 2. The first kappa shape index (κ1) is 16.3. The second-order valence-corrected chi connectivity index (χ2v) is 7.11. The second kappa shape index (κ2) is 7.24. The zero-order valence-corrected chi connectivity index (χ0v) is 13.5. The highest BCUT2D eigenvalue weighted by Gasteiger charge is 2.25. The van der Waals surface area contributed by atoms with Crippen LogP contribution in [0.3, 0.4) is 0 Å². The number of nitrogens with one attached hydrogen (secondary N) is 2. The van der Waals surface area contributed by atoms with Crippen LogP contribution in [-0.2, 0) is 16.4 Å². The minimum atomic E-state index is -3.44. The van der Waals surface area contributed by atoms with Gasteiger partial charge in [-0.15, -0.1) is 0 Å². The van der Waals surface area contributed by atoms with Crippen LogP contribution < -0.4 is 14.8 Å². The fourth-order valence-corrected chi connectivity index (χ4v) is 3.53. The summed E-state index contributed by atoms with van der Waals surface area (Å²) in [6, 6.07) is 5.14. The Morgan fingerprint density at radius 1 is 1.33 bits per heavy atom. The van der Waals surface area contributed by atoms with Gasteiger partial charge >= 0.3 is 0 Å². The molecule has 1 aromatic carbocycles. The molecule has 1 fully saturated rings. The van der Waals surface area contributed by atoms with Crippen molar-refractivity contribution in [2.75, 3.05) is 26.7 Å². The van der Waals surface area contributed by atoms with Crippen molar-refractivity contribution in [3.8, 4) is 5.75 Å². The van der Waals surface area contributed by atoms with Gasteiger partial charge in [0.1, 0.15) is 5.75 Å². The number of hydrogen-bond acceptors (Lipinski definition) is 4. The van der Waals surface area contributed by atoms with Crippen LogP contribution in [0.1, 0.15) is 25.3 Å². The zero-order valence-electron chi connectivity index (χ0n) is 12.7. The van der Waals surface area contributed by atoms with E-state index in [0.717, 1.165) is 31.5 Å². The molecule has 0 aromatic heterocycles. The Bertz CT molecular complexity index is 568. The van der Waals surface area contributed by atoms with Gasteiger partial charge < -0.3 is 10.1 Å². The van der Waals surface area contributed by atoms with Crippen LogP contribution in [0.2, 0.25) is 0 Å². The Balaban J connectivity index is 2.18. The lowest BCUT2D eigenvalue weighted by molar-refractivity contribution is 0.413. The SMILES string of the molecule is CCNCCc1cc(OC)ccc1S(=O)(=O)NCC1CC1. The molecule has 1 aliphatic carbocycles. The van der Waals surface area contributed by atoms with Gasteiger partial charge in [0.2, 0.25) is 10.0 Å². The number of ether oxygens (including phenoxy) is 1. The van der Waals surface area contributed by atoms with Crippen molar-refractivity contribution in [1.82, 2.24) is 10.0 Å². The van der Waals surface area contributed by atoms with Gasteiger partial charge in [0.05, 0.1) is 12.0 Å². The lowest BCUT2D eigenvalue weighted by Gasteiger charge is -2.13. The van der Waals surface area contributed by atoms with Gasteiger partial charge in [-0.1, -0.05) is 6.92 Å². The maximum atomic E-state index is 12.4. The molecule has 118 valence electrons. The lowest BCUT2D eigenvalue weighted by Crippen LogP contribution is -2.27. The van der Waals surface area contributed by atoms with E-state index in [9.17, 15) is 8.42 Å². The molecule has 0 atom stereocenters. The Morgan fingerprint density at radius 3 is 2.71 bits per heavy atom. The van der Waals surface area contributed by atoms with Crippen LogP contribution in [-0.4, -0.2) is 35.2 Å². The van der Waals surface area contributed by atoms with Gasteiger partial charge in [-0.2, -0.15) is 0 Å². The fraction of sp³-hybridized carbons (Fsp3) is 0.600. The van der Waals surface area contributed by atoms with E-state index in [1.54, 1.807) is 19.2 Å². The van der Waals surface area contributed by atoms with Crippen molar-refractivity contribution < 1.29 is 13.2 Å². The lowest BCUT2D eigenvalue weighted by atomic mass is 10.1. The minimum absolute atomic E-state index is 0.363. The Labute approximate surface area is 127 Å². The summed E-state index contributed by atoms with van der Waals surface area (Å²) in [5.74, 6) is 1.20. The molecule has 6 heteroatoms. The van der Waals surface area contributed by atoms with Crippen molar-refractivity contribution >= 4 is 10.0 Å².